The van der Waals surface area contributed by atoms with E-state index in [2.05, 4.69) is 47.6 Å². The van der Waals surface area contributed by atoms with E-state index in [1.165, 1.54) is 11.1 Å². The fraction of sp³-hybridized carbons (Fsp3) is 0.235. The molecule has 0 amide bonds. The fourth-order valence-corrected chi connectivity index (χ4v) is 2.43. The SMILES string of the molecule is Cc1ccc(NCc2cn[nH]c2-c2ccc(C)o2)c(C)c1. The number of hydrogen-bond donors (Lipinski definition) is 2. The lowest BCUT2D eigenvalue weighted by Crippen LogP contribution is -2.01. The van der Waals surface area contributed by atoms with Crippen LogP contribution >= 0.6 is 0 Å². The van der Waals surface area contributed by atoms with Crippen LogP contribution in [0.25, 0.3) is 11.5 Å². The number of hydrogen-bond acceptors (Lipinski definition) is 3. The molecule has 0 aliphatic rings. The normalized spacial score (nSPS) is 10.8. The molecule has 4 nitrogen and oxygen atoms in total. The van der Waals surface area contributed by atoms with Gasteiger partial charge in [-0.15, -0.1) is 0 Å². The van der Waals surface area contributed by atoms with Gasteiger partial charge >= 0.3 is 0 Å². The highest BCUT2D eigenvalue weighted by Gasteiger charge is 2.11. The van der Waals surface area contributed by atoms with E-state index in [9.17, 15) is 0 Å². The summed E-state index contributed by atoms with van der Waals surface area (Å²) in [6.07, 6.45) is 1.84. The van der Waals surface area contributed by atoms with Gasteiger partial charge in [0.1, 0.15) is 11.5 Å². The van der Waals surface area contributed by atoms with Gasteiger partial charge < -0.3 is 9.73 Å². The van der Waals surface area contributed by atoms with Crippen molar-refractivity contribution in [3.05, 3.63) is 59.0 Å². The van der Waals surface area contributed by atoms with Gasteiger partial charge in [-0.05, 0) is 44.5 Å². The number of rotatable bonds is 4. The molecule has 3 rings (SSSR count). The van der Waals surface area contributed by atoms with Crippen LogP contribution in [-0.2, 0) is 6.54 Å². The molecule has 0 spiro atoms. The number of aromatic amines is 1. The number of benzene rings is 1. The van der Waals surface area contributed by atoms with Crippen LogP contribution in [0.1, 0.15) is 22.5 Å². The second-order valence-corrected chi connectivity index (χ2v) is 5.35. The van der Waals surface area contributed by atoms with E-state index < -0.39 is 0 Å². The van der Waals surface area contributed by atoms with Crippen LogP contribution in [0.3, 0.4) is 0 Å². The fourth-order valence-electron chi connectivity index (χ4n) is 2.43. The van der Waals surface area contributed by atoms with E-state index in [0.717, 1.165) is 28.5 Å². The van der Waals surface area contributed by atoms with E-state index in [0.29, 0.717) is 6.54 Å². The molecule has 0 aliphatic carbocycles. The van der Waals surface area contributed by atoms with Crippen LogP contribution in [-0.4, -0.2) is 10.2 Å². The van der Waals surface area contributed by atoms with Crippen molar-refractivity contribution < 1.29 is 4.42 Å². The first-order valence-electron chi connectivity index (χ1n) is 7.03. The molecule has 0 unspecified atom stereocenters. The molecular weight excluding hydrogens is 262 g/mol. The number of nitrogens with zero attached hydrogens (tertiary/aromatic N) is 1. The quantitative estimate of drug-likeness (QED) is 0.753. The summed E-state index contributed by atoms with van der Waals surface area (Å²) in [6, 6.07) is 10.3. The minimum absolute atomic E-state index is 0.704. The lowest BCUT2D eigenvalue weighted by molar-refractivity contribution is 0.545. The molecule has 21 heavy (non-hydrogen) atoms. The highest BCUT2D eigenvalue weighted by atomic mass is 16.3. The molecule has 2 N–H and O–H groups in total. The summed E-state index contributed by atoms with van der Waals surface area (Å²) in [5.41, 5.74) is 5.68. The maximum absolute atomic E-state index is 5.66. The first-order valence-corrected chi connectivity index (χ1v) is 7.03. The Bertz CT molecular complexity index is 755. The van der Waals surface area contributed by atoms with Crippen LogP contribution < -0.4 is 5.32 Å². The largest absolute Gasteiger partial charge is 0.460 e. The molecule has 108 valence electrons. The van der Waals surface area contributed by atoms with Crippen molar-refractivity contribution in [1.29, 1.82) is 0 Å². The van der Waals surface area contributed by atoms with E-state index >= 15 is 0 Å². The van der Waals surface area contributed by atoms with Gasteiger partial charge in [-0.25, -0.2) is 0 Å². The summed E-state index contributed by atoms with van der Waals surface area (Å²) in [5.74, 6) is 1.72. The highest BCUT2D eigenvalue weighted by molar-refractivity contribution is 5.59. The van der Waals surface area contributed by atoms with Gasteiger partial charge in [0.2, 0.25) is 0 Å². The third kappa shape index (κ3) is 2.84. The zero-order valence-corrected chi connectivity index (χ0v) is 12.5. The third-order valence-electron chi connectivity index (χ3n) is 3.56. The van der Waals surface area contributed by atoms with Gasteiger partial charge in [-0.2, -0.15) is 5.10 Å². The molecular formula is C17H19N3O. The van der Waals surface area contributed by atoms with Crippen LogP contribution in [0.4, 0.5) is 5.69 Å². The minimum Gasteiger partial charge on any atom is -0.460 e. The number of aryl methyl sites for hydroxylation is 3. The zero-order chi connectivity index (χ0) is 14.8. The number of H-pyrrole nitrogens is 1. The van der Waals surface area contributed by atoms with Gasteiger partial charge in [-0.1, -0.05) is 17.7 Å². The zero-order valence-electron chi connectivity index (χ0n) is 12.5. The van der Waals surface area contributed by atoms with E-state index in [1.807, 2.05) is 25.3 Å². The second-order valence-electron chi connectivity index (χ2n) is 5.35. The Morgan fingerprint density at radius 2 is 2.00 bits per heavy atom. The Balaban J connectivity index is 1.79. The van der Waals surface area contributed by atoms with Crippen molar-refractivity contribution in [3.63, 3.8) is 0 Å². The predicted molar refractivity (Wildman–Crippen MR) is 84.3 cm³/mol. The van der Waals surface area contributed by atoms with E-state index in [-0.39, 0.29) is 0 Å². The van der Waals surface area contributed by atoms with Crippen molar-refractivity contribution in [2.45, 2.75) is 27.3 Å². The molecule has 0 bridgehead atoms. The van der Waals surface area contributed by atoms with Crippen molar-refractivity contribution in [3.8, 4) is 11.5 Å². The molecule has 0 radical (unpaired) electrons. The van der Waals surface area contributed by atoms with Crippen LogP contribution in [0, 0.1) is 20.8 Å². The Labute approximate surface area is 124 Å². The van der Waals surface area contributed by atoms with Gasteiger partial charge in [0.25, 0.3) is 0 Å². The average Bonchev–Trinajstić information content (AvgIpc) is 3.06. The van der Waals surface area contributed by atoms with Crippen molar-refractivity contribution >= 4 is 5.69 Å². The highest BCUT2D eigenvalue weighted by Crippen LogP contribution is 2.24. The van der Waals surface area contributed by atoms with E-state index in [1.54, 1.807) is 0 Å². The maximum atomic E-state index is 5.66. The van der Waals surface area contributed by atoms with Crippen LogP contribution in [0.5, 0.6) is 0 Å². The number of nitrogens with one attached hydrogen (secondary N) is 2. The van der Waals surface area contributed by atoms with Gasteiger partial charge in [0.15, 0.2) is 5.76 Å². The second kappa shape index (κ2) is 5.48. The Morgan fingerprint density at radius 1 is 1.14 bits per heavy atom. The summed E-state index contributed by atoms with van der Waals surface area (Å²) in [5, 5.41) is 10.6. The topological polar surface area (TPSA) is 53.9 Å². The molecule has 0 fully saturated rings. The number of aromatic nitrogens is 2. The van der Waals surface area contributed by atoms with Crippen LogP contribution in [0.2, 0.25) is 0 Å². The molecule has 0 saturated heterocycles. The Morgan fingerprint density at radius 3 is 2.71 bits per heavy atom. The summed E-state index contributed by atoms with van der Waals surface area (Å²) in [4.78, 5) is 0. The molecule has 1 aromatic carbocycles. The molecule has 2 aromatic heterocycles. The molecule has 0 saturated carbocycles. The lowest BCUT2D eigenvalue weighted by Gasteiger charge is -2.10. The smallest absolute Gasteiger partial charge is 0.152 e. The van der Waals surface area contributed by atoms with Crippen molar-refractivity contribution in [1.82, 2.24) is 10.2 Å². The molecule has 3 aromatic rings. The van der Waals surface area contributed by atoms with Gasteiger partial charge in [-0.3, -0.25) is 5.10 Å². The number of furan rings is 1. The molecule has 0 aliphatic heterocycles. The molecule has 2 heterocycles. The number of anilines is 1. The van der Waals surface area contributed by atoms with Gasteiger partial charge in [0, 0.05) is 17.8 Å². The van der Waals surface area contributed by atoms with Crippen molar-refractivity contribution in [2.75, 3.05) is 5.32 Å². The molecule has 4 heteroatoms. The molecule has 0 atom stereocenters. The van der Waals surface area contributed by atoms with Crippen LogP contribution in [0.15, 0.2) is 40.9 Å². The summed E-state index contributed by atoms with van der Waals surface area (Å²) < 4.78 is 5.66. The average molecular weight is 281 g/mol. The van der Waals surface area contributed by atoms with Crippen molar-refractivity contribution in [2.24, 2.45) is 0 Å². The Hall–Kier alpha value is -2.49. The third-order valence-corrected chi connectivity index (χ3v) is 3.56. The summed E-state index contributed by atoms with van der Waals surface area (Å²) in [6.45, 7) is 6.86. The Kier molecular flexibility index (Phi) is 3.52. The summed E-state index contributed by atoms with van der Waals surface area (Å²) >= 11 is 0. The first kappa shape index (κ1) is 13.5. The summed E-state index contributed by atoms with van der Waals surface area (Å²) in [7, 11) is 0. The monoisotopic (exact) mass is 281 g/mol. The predicted octanol–water partition coefficient (Wildman–Crippen LogP) is 4.21. The lowest BCUT2D eigenvalue weighted by atomic mass is 10.1. The van der Waals surface area contributed by atoms with E-state index in [4.69, 9.17) is 4.42 Å². The first-order chi connectivity index (χ1) is 10.1. The standard InChI is InChI=1S/C17H19N3O/c1-11-4-6-15(12(2)8-11)18-9-14-10-19-20-17(14)16-7-5-13(3)21-16/h4-8,10,18H,9H2,1-3H3,(H,19,20). The minimum atomic E-state index is 0.704. The van der Waals surface area contributed by atoms with Gasteiger partial charge in [0.05, 0.1) is 6.20 Å². The maximum Gasteiger partial charge on any atom is 0.152 e.